The van der Waals surface area contributed by atoms with E-state index in [9.17, 15) is 4.79 Å². The molecule has 3 nitrogen and oxygen atoms in total. The molecule has 2 N–H and O–H groups in total. The Labute approximate surface area is 124 Å². The summed E-state index contributed by atoms with van der Waals surface area (Å²) in [4.78, 5) is 14.4. The lowest BCUT2D eigenvalue weighted by Gasteiger charge is -2.36. The number of likely N-dealkylation sites (tertiary alicyclic amines) is 1. The predicted octanol–water partition coefficient (Wildman–Crippen LogP) is 3.35. The molecule has 19 heavy (non-hydrogen) atoms. The molecule has 0 aromatic carbocycles. The molecule has 1 fully saturated rings. The smallest absolute Gasteiger partial charge is 0.222 e. The zero-order valence-electron chi connectivity index (χ0n) is 12.7. The molecule has 0 radical (unpaired) electrons. The number of hydrogen-bond acceptors (Lipinski definition) is 2. The van der Waals surface area contributed by atoms with Gasteiger partial charge >= 0.3 is 0 Å². The first-order chi connectivity index (χ1) is 8.50. The minimum absolute atomic E-state index is 0. The van der Waals surface area contributed by atoms with Gasteiger partial charge in [0.05, 0.1) is 0 Å². The van der Waals surface area contributed by atoms with Crippen LogP contribution >= 0.6 is 12.4 Å². The fraction of sp³-hybridized carbons (Fsp3) is 0.933. The fourth-order valence-electron chi connectivity index (χ4n) is 2.65. The van der Waals surface area contributed by atoms with Crippen LogP contribution in [0.15, 0.2) is 0 Å². The van der Waals surface area contributed by atoms with Crippen LogP contribution in [0.25, 0.3) is 0 Å². The van der Waals surface area contributed by atoms with Crippen molar-refractivity contribution in [2.45, 2.75) is 77.8 Å². The quantitative estimate of drug-likeness (QED) is 0.815. The van der Waals surface area contributed by atoms with E-state index in [1.54, 1.807) is 0 Å². The minimum Gasteiger partial charge on any atom is -0.340 e. The van der Waals surface area contributed by atoms with Gasteiger partial charge in [-0.2, -0.15) is 0 Å². The number of carbonyl (C=O) groups excluding carboxylic acids is 1. The van der Waals surface area contributed by atoms with Crippen LogP contribution in [0, 0.1) is 5.92 Å². The van der Waals surface area contributed by atoms with Crippen molar-refractivity contribution >= 4 is 18.3 Å². The van der Waals surface area contributed by atoms with Gasteiger partial charge in [-0.05, 0) is 51.4 Å². The van der Waals surface area contributed by atoms with Gasteiger partial charge in [-0.3, -0.25) is 4.79 Å². The molecular weight excluding hydrogens is 260 g/mol. The maximum Gasteiger partial charge on any atom is 0.222 e. The van der Waals surface area contributed by atoms with Crippen molar-refractivity contribution in [3.8, 4) is 0 Å². The molecular formula is C15H31ClN2O. The molecule has 0 aliphatic carbocycles. The van der Waals surface area contributed by atoms with E-state index in [1.165, 1.54) is 32.1 Å². The van der Waals surface area contributed by atoms with Crippen molar-refractivity contribution in [2.75, 3.05) is 6.54 Å². The number of halogens is 1. The number of carbonyl (C=O) groups is 1. The highest BCUT2D eigenvalue weighted by molar-refractivity contribution is 5.85. The number of hydrogen-bond donors (Lipinski definition) is 1. The maximum atomic E-state index is 12.2. The summed E-state index contributed by atoms with van der Waals surface area (Å²) < 4.78 is 0. The molecule has 0 bridgehead atoms. The molecule has 0 saturated carbocycles. The van der Waals surface area contributed by atoms with Gasteiger partial charge in [-0.25, -0.2) is 0 Å². The first kappa shape index (κ1) is 18.7. The van der Waals surface area contributed by atoms with Crippen LogP contribution < -0.4 is 5.73 Å². The summed E-state index contributed by atoms with van der Waals surface area (Å²) >= 11 is 0. The summed E-state index contributed by atoms with van der Waals surface area (Å²) in [6.07, 6.45) is 7.46. The van der Waals surface area contributed by atoms with Crippen molar-refractivity contribution < 1.29 is 4.79 Å². The number of nitrogens with two attached hydrogens (primary N) is 1. The van der Waals surface area contributed by atoms with E-state index in [2.05, 4.69) is 18.7 Å². The fourth-order valence-corrected chi connectivity index (χ4v) is 2.65. The molecule has 1 aliphatic heterocycles. The average molecular weight is 291 g/mol. The highest BCUT2D eigenvalue weighted by atomic mass is 35.5. The van der Waals surface area contributed by atoms with Crippen LogP contribution in [0.2, 0.25) is 0 Å². The second-order valence-electron chi connectivity index (χ2n) is 6.22. The summed E-state index contributed by atoms with van der Waals surface area (Å²) in [5, 5.41) is 0. The Kier molecular flexibility index (Phi) is 9.46. The second kappa shape index (κ2) is 9.60. The van der Waals surface area contributed by atoms with Gasteiger partial charge < -0.3 is 10.6 Å². The van der Waals surface area contributed by atoms with Crippen molar-refractivity contribution in [3.05, 3.63) is 0 Å². The molecule has 114 valence electrons. The minimum atomic E-state index is 0. The number of piperidine rings is 1. The largest absolute Gasteiger partial charge is 0.340 e. The first-order valence-electron chi connectivity index (χ1n) is 7.55. The SMILES string of the molecule is CC(C)CCC1CCCCN1C(=O)CCC(C)N.Cl. The third-order valence-electron chi connectivity index (χ3n) is 3.84. The average Bonchev–Trinajstić information content (AvgIpc) is 2.33. The van der Waals surface area contributed by atoms with Gasteiger partial charge in [-0.15, -0.1) is 12.4 Å². The summed E-state index contributed by atoms with van der Waals surface area (Å²) in [5.41, 5.74) is 5.73. The van der Waals surface area contributed by atoms with Crippen molar-refractivity contribution in [1.82, 2.24) is 4.90 Å². The number of amides is 1. The normalized spacial score (nSPS) is 21.1. The standard InChI is InChI=1S/C15H30N2O.ClH/c1-12(2)7-9-14-6-4-5-11-17(14)15(18)10-8-13(3)16;/h12-14H,4-11,16H2,1-3H3;1H. The van der Waals surface area contributed by atoms with E-state index >= 15 is 0 Å². The van der Waals surface area contributed by atoms with Crippen LogP contribution in [-0.2, 0) is 4.79 Å². The van der Waals surface area contributed by atoms with Crippen LogP contribution in [0.3, 0.4) is 0 Å². The van der Waals surface area contributed by atoms with Gasteiger partial charge in [0.15, 0.2) is 0 Å². The molecule has 2 atom stereocenters. The molecule has 1 rings (SSSR count). The molecule has 0 aromatic rings. The van der Waals surface area contributed by atoms with Gasteiger partial charge in [0.1, 0.15) is 0 Å². The van der Waals surface area contributed by atoms with Crippen LogP contribution in [0.1, 0.15) is 65.7 Å². The second-order valence-corrected chi connectivity index (χ2v) is 6.22. The molecule has 2 unspecified atom stereocenters. The maximum absolute atomic E-state index is 12.2. The zero-order valence-corrected chi connectivity index (χ0v) is 13.5. The van der Waals surface area contributed by atoms with Crippen LogP contribution in [0.4, 0.5) is 0 Å². The monoisotopic (exact) mass is 290 g/mol. The molecule has 0 spiro atoms. The number of nitrogens with zero attached hydrogens (tertiary/aromatic N) is 1. The Morgan fingerprint density at radius 2 is 1.95 bits per heavy atom. The molecule has 1 amide bonds. The van der Waals surface area contributed by atoms with E-state index in [0.717, 1.165) is 18.9 Å². The number of rotatable bonds is 6. The Morgan fingerprint density at radius 1 is 1.26 bits per heavy atom. The Morgan fingerprint density at radius 3 is 2.53 bits per heavy atom. The molecule has 1 saturated heterocycles. The van der Waals surface area contributed by atoms with Crippen molar-refractivity contribution in [1.29, 1.82) is 0 Å². The van der Waals surface area contributed by atoms with Gasteiger partial charge in [0.2, 0.25) is 5.91 Å². The first-order valence-corrected chi connectivity index (χ1v) is 7.55. The Bertz CT molecular complexity index is 257. The summed E-state index contributed by atoms with van der Waals surface area (Å²) in [6.45, 7) is 7.44. The highest BCUT2D eigenvalue weighted by Gasteiger charge is 2.26. The summed E-state index contributed by atoms with van der Waals surface area (Å²) in [7, 11) is 0. The lowest BCUT2D eigenvalue weighted by atomic mass is 9.94. The zero-order chi connectivity index (χ0) is 13.5. The summed E-state index contributed by atoms with van der Waals surface area (Å²) in [5.74, 6) is 1.05. The predicted molar refractivity (Wildman–Crippen MR) is 83.6 cm³/mol. The van der Waals surface area contributed by atoms with E-state index < -0.39 is 0 Å². The topological polar surface area (TPSA) is 46.3 Å². The van der Waals surface area contributed by atoms with Crippen molar-refractivity contribution in [2.24, 2.45) is 11.7 Å². The van der Waals surface area contributed by atoms with E-state index in [4.69, 9.17) is 5.73 Å². The third-order valence-corrected chi connectivity index (χ3v) is 3.84. The summed E-state index contributed by atoms with van der Waals surface area (Å²) in [6, 6.07) is 0.620. The van der Waals surface area contributed by atoms with Gasteiger partial charge in [0, 0.05) is 25.0 Å². The lowest BCUT2D eigenvalue weighted by molar-refractivity contribution is -0.135. The Balaban J connectivity index is 0.00000324. The van der Waals surface area contributed by atoms with E-state index in [1.807, 2.05) is 6.92 Å². The lowest BCUT2D eigenvalue weighted by Crippen LogP contribution is -2.44. The molecule has 1 heterocycles. The van der Waals surface area contributed by atoms with Crippen LogP contribution in [-0.4, -0.2) is 29.4 Å². The molecule has 4 heteroatoms. The highest BCUT2D eigenvalue weighted by Crippen LogP contribution is 2.23. The third kappa shape index (κ3) is 7.17. The van der Waals surface area contributed by atoms with Crippen molar-refractivity contribution in [3.63, 3.8) is 0 Å². The molecule has 0 aromatic heterocycles. The van der Waals surface area contributed by atoms with Gasteiger partial charge in [-0.1, -0.05) is 13.8 Å². The van der Waals surface area contributed by atoms with E-state index in [0.29, 0.717) is 18.4 Å². The molecule has 1 aliphatic rings. The van der Waals surface area contributed by atoms with E-state index in [-0.39, 0.29) is 18.4 Å². The van der Waals surface area contributed by atoms with Gasteiger partial charge in [0.25, 0.3) is 0 Å². The van der Waals surface area contributed by atoms with Crippen LogP contribution in [0.5, 0.6) is 0 Å². The Hall–Kier alpha value is -0.280.